The van der Waals surface area contributed by atoms with Crippen molar-refractivity contribution < 1.29 is 0 Å². The third kappa shape index (κ3) is 3.64. The molecule has 3 heteroatoms. The molecule has 2 rings (SSSR count). The van der Waals surface area contributed by atoms with Gasteiger partial charge in [-0.15, -0.1) is 0 Å². The smallest absolute Gasteiger partial charge is 0.0642 e. The molecule has 106 valence electrons. The van der Waals surface area contributed by atoms with Crippen LogP contribution in [0.4, 0.5) is 5.69 Å². The SMILES string of the molecule is CCCC1CCN(c2c(Cl)cccc2CNCC)C1. The van der Waals surface area contributed by atoms with E-state index in [4.69, 9.17) is 11.6 Å². The van der Waals surface area contributed by atoms with Gasteiger partial charge in [0.05, 0.1) is 10.7 Å². The molecule has 1 atom stereocenters. The molecule has 0 saturated carbocycles. The van der Waals surface area contributed by atoms with Gasteiger partial charge in [0.1, 0.15) is 0 Å². The maximum absolute atomic E-state index is 6.44. The predicted molar refractivity (Wildman–Crippen MR) is 84.1 cm³/mol. The fourth-order valence-electron chi connectivity index (χ4n) is 3.00. The minimum Gasteiger partial charge on any atom is -0.370 e. The maximum Gasteiger partial charge on any atom is 0.0642 e. The summed E-state index contributed by atoms with van der Waals surface area (Å²) in [6.07, 6.45) is 3.93. The van der Waals surface area contributed by atoms with Gasteiger partial charge in [-0.05, 0) is 36.9 Å². The Morgan fingerprint density at radius 1 is 1.37 bits per heavy atom. The van der Waals surface area contributed by atoms with E-state index in [2.05, 4.69) is 36.2 Å². The zero-order valence-corrected chi connectivity index (χ0v) is 12.8. The Morgan fingerprint density at radius 3 is 2.95 bits per heavy atom. The highest BCUT2D eigenvalue weighted by Crippen LogP contribution is 2.34. The van der Waals surface area contributed by atoms with E-state index in [1.165, 1.54) is 30.5 Å². The Hall–Kier alpha value is -0.730. The van der Waals surface area contributed by atoms with E-state index in [0.29, 0.717) is 0 Å². The first kappa shape index (κ1) is 14.7. The number of rotatable bonds is 6. The molecule has 0 amide bonds. The van der Waals surface area contributed by atoms with Crippen LogP contribution in [-0.2, 0) is 6.54 Å². The summed E-state index contributed by atoms with van der Waals surface area (Å²) in [5, 5.41) is 4.30. The summed E-state index contributed by atoms with van der Waals surface area (Å²) < 4.78 is 0. The van der Waals surface area contributed by atoms with E-state index < -0.39 is 0 Å². The second-order valence-electron chi connectivity index (χ2n) is 5.42. The average molecular weight is 281 g/mol. The normalized spacial score (nSPS) is 19.1. The highest BCUT2D eigenvalue weighted by Gasteiger charge is 2.24. The number of benzene rings is 1. The predicted octanol–water partition coefficient (Wildman–Crippen LogP) is 4.08. The number of hydrogen-bond acceptors (Lipinski definition) is 2. The summed E-state index contributed by atoms with van der Waals surface area (Å²) >= 11 is 6.44. The van der Waals surface area contributed by atoms with Crippen molar-refractivity contribution in [2.24, 2.45) is 5.92 Å². The standard InChI is InChI=1S/C16H25ClN2/c1-3-6-13-9-10-19(12-13)16-14(11-18-4-2)7-5-8-15(16)17/h5,7-8,13,18H,3-4,6,9-12H2,1-2H3. The van der Waals surface area contributed by atoms with Gasteiger partial charge in [0.2, 0.25) is 0 Å². The molecule has 19 heavy (non-hydrogen) atoms. The maximum atomic E-state index is 6.44. The lowest BCUT2D eigenvalue weighted by Gasteiger charge is -2.23. The van der Waals surface area contributed by atoms with Gasteiger partial charge >= 0.3 is 0 Å². The van der Waals surface area contributed by atoms with Crippen LogP contribution in [0.2, 0.25) is 5.02 Å². The van der Waals surface area contributed by atoms with E-state index in [1.54, 1.807) is 0 Å². The van der Waals surface area contributed by atoms with Crippen molar-refractivity contribution in [2.75, 3.05) is 24.5 Å². The lowest BCUT2D eigenvalue weighted by molar-refractivity contribution is 0.529. The number of hydrogen-bond donors (Lipinski definition) is 1. The Labute approximate surface area is 122 Å². The first-order valence-electron chi connectivity index (χ1n) is 7.49. The number of anilines is 1. The lowest BCUT2D eigenvalue weighted by atomic mass is 10.0. The van der Waals surface area contributed by atoms with Crippen LogP contribution in [0.5, 0.6) is 0 Å². The summed E-state index contributed by atoms with van der Waals surface area (Å²) in [5.41, 5.74) is 2.58. The molecule has 0 bridgehead atoms. The van der Waals surface area contributed by atoms with Gasteiger partial charge in [0, 0.05) is 19.6 Å². The van der Waals surface area contributed by atoms with Crippen molar-refractivity contribution in [2.45, 2.75) is 39.7 Å². The van der Waals surface area contributed by atoms with Crippen molar-refractivity contribution in [3.63, 3.8) is 0 Å². The van der Waals surface area contributed by atoms with Crippen molar-refractivity contribution in [1.82, 2.24) is 5.32 Å². The molecule has 1 aliphatic heterocycles. The molecular formula is C16H25ClN2. The van der Waals surface area contributed by atoms with Gasteiger partial charge < -0.3 is 10.2 Å². The van der Waals surface area contributed by atoms with Crippen LogP contribution in [0.25, 0.3) is 0 Å². The summed E-state index contributed by atoms with van der Waals surface area (Å²) in [6.45, 7) is 8.61. The van der Waals surface area contributed by atoms with Crippen LogP contribution >= 0.6 is 11.6 Å². The largest absolute Gasteiger partial charge is 0.370 e. The first-order valence-corrected chi connectivity index (χ1v) is 7.87. The molecule has 1 saturated heterocycles. The molecule has 0 radical (unpaired) electrons. The molecule has 1 unspecified atom stereocenters. The van der Waals surface area contributed by atoms with Gasteiger partial charge in [-0.2, -0.15) is 0 Å². The zero-order chi connectivity index (χ0) is 13.7. The average Bonchev–Trinajstić information content (AvgIpc) is 2.85. The van der Waals surface area contributed by atoms with Gasteiger partial charge in [0.25, 0.3) is 0 Å². The molecule has 1 aromatic rings. The zero-order valence-electron chi connectivity index (χ0n) is 12.1. The van der Waals surface area contributed by atoms with Crippen LogP contribution in [0.1, 0.15) is 38.7 Å². The van der Waals surface area contributed by atoms with E-state index in [0.717, 1.165) is 37.1 Å². The fourth-order valence-corrected chi connectivity index (χ4v) is 3.31. The third-order valence-corrected chi connectivity index (χ3v) is 4.24. The lowest BCUT2D eigenvalue weighted by Crippen LogP contribution is -2.23. The number of halogens is 1. The molecule has 1 aliphatic rings. The summed E-state index contributed by atoms with van der Waals surface area (Å²) in [7, 11) is 0. The minimum atomic E-state index is 0.841. The highest BCUT2D eigenvalue weighted by atomic mass is 35.5. The summed E-state index contributed by atoms with van der Waals surface area (Å²) in [6, 6.07) is 6.26. The fraction of sp³-hybridized carbons (Fsp3) is 0.625. The molecule has 0 aromatic heterocycles. The molecule has 1 fully saturated rings. The molecule has 2 nitrogen and oxygen atoms in total. The second kappa shape index (κ2) is 7.16. The van der Waals surface area contributed by atoms with Crippen LogP contribution in [-0.4, -0.2) is 19.6 Å². The molecule has 1 aromatic carbocycles. The van der Waals surface area contributed by atoms with Gasteiger partial charge in [-0.3, -0.25) is 0 Å². The Bertz CT molecular complexity index is 406. The Kier molecular flexibility index (Phi) is 5.53. The van der Waals surface area contributed by atoms with E-state index in [-0.39, 0.29) is 0 Å². The second-order valence-corrected chi connectivity index (χ2v) is 5.82. The topological polar surface area (TPSA) is 15.3 Å². The first-order chi connectivity index (χ1) is 9.26. The van der Waals surface area contributed by atoms with E-state index in [1.807, 2.05) is 6.07 Å². The molecule has 0 aliphatic carbocycles. The van der Waals surface area contributed by atoms with E-state index in [9.17, 15) is 0 Å². The molecular weight excluding hydrogens is 256 g/mol. The monoisotopic (exact) mass is 280 g/mol. The van der Waals surface area contributed by atoms with Crippen molar-refractivity contribution in [3.8, 4) is 0 Å². The summed E-state index contributed by atoms with van der Waals surface area (Å²) in [5.74, 6) is 0.841. The summed E-state index contributed by atoms with van der Waals surface area (Å²) in [4.78, 5) is 2.48. The minimum absolute atomic E-state index is 0.841. The third-order valence-electron chi connectivity index (χ3n) is 3.93. The highest BCUT2D eigenvalue weighted by molar-refractivity contribution is 6.33. The van der Waals surface area contributed by atoms with E-state index >= 15 is 0 Å². The molecule has 1 N–H and O–H groups in total. The quantitative estimate of drug-likeness (QED) is 0.845. The molecule has 1 heterocycles. The number of nitrogens with zero attached hydrogens (tertiary/aromatic N) is 1. The molecule has 0 spiro atoms. The number of nitrogens with one attached hydrogen (secondary N) is 1. The Morgan fingerprint density at radius 2 is 2.21 bits per heavy atom. The Balaban J connectivity index is 2.14. The number of para-hydroxylation sites is 1. The van der Waals surface area contributed by atoms with Crippen LogP contribution < -0.4 is 10.2 Å². The van der Waals surface area contributed by atoms with Crippen LogP contribution in [0.3, 0.4) is 0 Å². The van der Waals surface area contributed by atoms with Crippen molar-refractivity contribution >= 4 is 17.3 Å². The van der Waals surface area contributed by atoms with Gasteiger partial charge in [0.15, 0.2) is 0 Å². The van der Waals surface area contributed by atoms with Gasteiger partial charge in [-0.25, -0.2) is 0 Å². The van der Waals surface area contributed by atoms with Gasteiger partial charge in [-0.1, -0.05) is 44.0 Å². The van der Waals surface area contributed by atoms with Crippen molar-refractivity contribution in [1.29, 1.82) is 0 Å². The van der Waals surface area contributed by atoms with Crippen LogP contribution in [0.15, 0.2) is 18.2 Å². The van der Waals surface area contributed by atoms with Crippen molar-refractivity contribution in [3.05, 3.63) is 28.8 Å². The van der Waals surface area contributed by atoms with Crippen LogP contribution in [0, 0.1) is 5.92 Å².